The van der Waals surface area contributed by atoms with Gasteiger partial charge in [-0.05, 0) is 24.5 Å². The number of nitrogens with zero attached hydrogens (tertiary/aromatic N) is 1. The topological polar surface area (TPSA) is 98.7 Å². The number of ether oxygens (including phenoxy) is 1. The maximum absolute atomic E-state index is 12.4. The molecule has 1 aliphatic heterocycles. The SMILES string of the molecule is COc1cccc2c1N(C(=O)C(N)CC(N)=O)CCC2. The first kappa shape index (κ1) is 14.3. The van der Waals surface area contributed by atoms with Gasteiger partial charge in [0.15, 0.2) is 0 Å². The summed E-state index contributed by atoms with van der Waals surface area (Å²) in [6, 6.07) is 4.76. The molecule has 1 atom stereocenters. The molecule has 0 aliphatic carbocycles. The number of amides is 2. The van der Waals surface area contributed by atoms with Crippen molar-refractivity contribution in [2.45, 2.75) is 25.3 Å². The molecule has 0 radical (unpaired) electrons. The van der Waals surface area contributed by atoms with Crippen molar-refractivity contribution in [1.29, 1.82) is 0 Å². The van der Waals surface area contributed by atoms with E-state index in [9.17, 15) is 9.59 Å². The molecule has 0 saturated carbocycles. The van der Waals surface area contributed by atoms with E-state index < -0.39 is 11.9 Å². The fourth-order valence-electron chi connectivity index (χ4n) is 2.50. The minimum atomic E-state index is -0.914. The molecule has 2 amide bonds. The van der Waals surface area contributed by atoms with Crippen LogP contribution in [-0.4, -0.2) is 31.5 Å². The second kappa shape index (κ2) is 5.92. The first-order chi connectivity index (χ1) is 9.54. The molecule has 20 heavy (non-hydrogen) atoms. The van der Waals surface area contributed by atoms with Gasteiger partial charge in [0.2, 0.25) is 11.8 Å². The third-order valence-electron chi connectivity index (χ3n) is 3.40. The summed E-state index contributed by atoms with van der Waals surface area (Å²) in [5.41, 5.74) is 12.7. The molecule has 1 aliphatic rings. The van der Waals surface area contributed by atoms with Gasteiger partial charge >= 0.3 is 0 Å². The Morgan fingerprint density at radius 1 is 1.45 bits per heavy atom. The highest BCUT2D eigenvalue weighted by Gasteiger charge is 2.29. The molecule has 1 aromatic rings. The van der Waals surface area contributed by atoms with E-state index in [0.29, 0.717) is 12.3 Å². The number of hydrogen-bond donors (Lipinski definition) is 2. The van der Waals surface area contributed by atoms with Crippen LogP contribution in [-0.2, 0) is 16.0 Å². The Morgan fingerprint density at radius 2 is 2.20 bits per heavy atom. The molecular weight excluding hydrogens is 258 g/mol. The molecule has 6 nitrogen and oxygen atoms in total. The van der Waals surface area contributed by atoms with Crippen LogP contribution in [0.15, 0.2) is 18.2 Å². The van der Waals surface area contributed by atoms with E-state index in [0.717, 1.165) is 24.1 Å². The van der Waals surface area contributed by atoms with Gasteiger partial charge in [-0.3, -0.25) is 9.59 Å². The highest BCUT2D eigenvalue weighted by Crippen LogP contribution is 2.36. The Kier molecular flexibility index (Phi) is 4.24. The molecule has 1 heterocycles. The molecule has 108 valence electrons. The number of methoxy groups -OCH3 is 1. The van der Waals surface area contributed by atoms with Crippen LogP contribution in [0.4, 0.5) is 5.69 Å². The summed E-state index contributed by atoms with van der Waals surface area (Å²) >= 11 is 0. The van der Waals surface area contributed by atoms with Crippen molar-refractivity contribution in [1.82, 2.24) is 0 Å². The molecule has 0 aromatic heterocycles. The number of carbonyl (C=O) groups excluding carboxylic acids is 2. The van der Waals surface area contributed by atoms with Crippen LogP contribution in [0.1, 0.15) is 18.4 Å². The van der Waals surface area contributed by atoms with Gasteiger partial charge in [0.25, 0.3) is 0 Å². The summed E-state index contributed by atoms with van der Waals surface area (Å²) in [5, 5.41) is 0. The number of primary amides is 1. The maximum Gasteiger partial charge on any atom is 0.244 e. The maximum atomic E-state index is 12.4. The number of benzene rings is 1. The van der Waals surface area contributed by atoms with E-state index in [-0.39, 0.29) is 12.3 Å². The normalized spacial score (nSPS) is 15.4. The van der Waals surface area contributed by atoms with E-state index >= 15 is 0 Å². The van der Waals surface area contributed by atoms with Crippen molar-refractivity contribution in [2.75, 3.05) is 18.6 Å². The number of rotatable bonds is 4. The third-order valence-corrected chi connectivity index (χ3v) is 3.40. The average molecular weight is 277 g/mol. The van der Waals surface area contributed by atoms with Gasteiger partial charge < -0.3 is 21.1 Å². The second-order valence-corrected chi connectivity index (χ2v) is 4.84. The van der Waals surface area contributed by atoms with Crippen LogP contribution in [0.2, 0.25) is 0 Å². The summed E-state index contributed by atoms with van der Waals surface area (Å²) in [6.45, 7) is 0.568. The summed E-state index contributed by atoms with van der Waals surface area (Å²) < 4.78 is 5.33. The van der Waals surface area contributed by atoms with Crippen LogP contribution >= 0.6 is 0 Å². The van der Waals surface area contributed by atoms with Crippen LogP contribution in [0, 0.1) is 0 Å². The molecule has 0 spiro atoms. The molecule has 0 bridgehead atoms. The van der Waals surface area contributed by atoms with Crippen LogP contribution in [0.3, 0.4) is 0 Å². The molecule has 1 aromatic carbocycles. The summed E-state index contributed by atoms with van der Waals surface area (Å²) in [5.74, 6) is -0.237. The lowest BCUT2D eigenvalue weighted by atomic mass is 9.99. The zero-order valence-corrected chi connectivity index (χ0v) is 11.5. The predicted octanol–water partition coefficient (Wildman–Crippen LogP) is 0.177. The number of carbonyl (C=O) groups is 2. The molecule has 0 saturated heterocycles. The average Bonchev–Trinajstić information content (AvgIpc) is 2.44. The van der Waals surface area contributed by atoms with Gasteiger partial charge in [0, 0.05) is 6.54 Å². The lowest BCUT2D eigenvalue weighted by Gasteiger charge is -2.32. The van der Waals surface area contributed by atoms with Crippen molar-refractivity contribution in [3.8, 4) is 5.75 Å². The molecule has 1 unspecified atom stereocenters. The fraction of sp³-hybridized carbons (Fsp3) is 0.429. The van der Waals surface area contributed by atoms with Gasteiger partial charge in [-0.1, -0.05) is 12.1 Å². The van der Waals surface area contributed by atoms with E-state index in [1.165, 1.54) is 0 Å². The van der Waals surface area contributed by atoms with Crippen molar-refractivity contribution in [2.24, 2.45) is 11.5 Å². The summed E-state index contributed by atoms with van der Waals surface area (Å²) in [7, 11) is 1.57. The van der Waals surface area contributed by atoms with E-state index in [1.54, 1.807) is 12.0 Å². The van der Waals surface area contributed by atoms with Gasteiger partial charge in [-0.15, -0.1) is 0 Å². The highest BCUT2D eigenvalue weighted by molar-refractivity contribution is 6.01. The van der Waals surface area contributed by atoms with Gasteiger partial charge in [0.1, 0.15) is 5.75 Å². The molecule has 2 rings (SSSR count). The summed E-state index contributed by atoms with van der Waals surface area (Å²) in [6.07, 6.45) is 1.59. The molecule has 6 heteroatoms. The number of aryl methyl sites for hydroxylation is 1. The van der Waals surface area contributed by atoms with Gasteiger partial charge in [-0.2, -0.15) is 0 Å². The Morgan fingerprint density at radius 3 is 2.85 bits per heavy atom. The number of fused-ring (bicyclic) bond motifs is 1. The van der Waals surface area contributed by atoms with Crippen molar-refractivity contribution in [3.63, 3.8) is 0 Å². The fourth-order valence-corrected chi connectivity index (χ4v) is 2.50. The number of anilines is 1. The first-order valence-electron chi connectivity index (χ1n) is 6.55. The predicted molar refractivity (Wildman–Crippen MR) is 75.5 cm³/mol. The monoisotopic (exact) mass is 277 g/mol. The van der Waals surface area contributed by atoms with Crippen LogP contribution in [0.5, 0.6) is 5.75 Å². The molecule has 0 fully saturated rings. The zero-order chi connectivity index (χ0) is 14.7. The largest absolute Gasteiger partial charge is 0.495 e. The minimum Gasteiger partial charge on any atom is -0.495 e. The summed E-state index contributed by atoms with van der Waals surface area (Å²) in [4.78, 5) is 24.9. The number of para-hydroxylation sites is 1. The molecular formula is C14H19N3O3. The standard InChI is InChI=1S/C14H19N3O3/c1-20-11-6-2-4-9-5-3-7-17(13(9)11)14(19)10(15)8-12(16)18/h2,4,6,10H,3,5,7-8,15H2,1H3,(H2,16,18). The zero-order valence-electron chi connectivity index (χ0n) is 11.5. The molecule has 4 N–H and O–H groups in total. The Labute approximate surface area is 117 Å². The van der Waals surface area contributed by atoms with Gasteiger partial charge in [0.05, 0.1) is 25.3 Å². The smallest absolute Gasteiger partial charge is 0.244 e. The van der Waals surface area contributed by atoms with E-state index in [4.69, 9.17) is 16.2 Å². The van der Waals surface area contributed by atoms with Gasteiger partial charge in [-0.25, -0.2) is 0 Å². The number of nitrogens with two attached hydrogens (primary N) is 2. The Bertz CT molecular complexity index is 516. The Balaban J connectivity index is 2.32. The van der Waals surface area contributed by atoms with Crippen molar-refractivity contribution >= 4 is 17.5 Å². The van der Waals surface area contributed by atoms with Crippen LogP contribution < -0.4 is 21.1 Å². The highest BCUT2D eigenvalue weighted by atomic mass is 16.5. The quantitative estimate of drug-likeness (QED) is 0.820. The lowest BCUT2D eigenvalue weighted by Crippen LogP contribution is -2.47. The number of hydrogen-bond acceptors (Lipinski definition) is 4. The Hall–Kier alpha value is -2.08. The third kappa shape index (κ3) is 2.75. The minimum absolute atomic E-state index is 0.153. The van der Waals surface area contributed by atoms with Crippen molar-refractivity contribution < 1.29 is 14.3 Å². The first-order valence-corrected chi connectivity index (χ1v) is 6.55. The second-order valence-electron chi connectivity index (χ2n) is 4.84. The van der Waals surface area contributed by atoms with Crippen molar-refractivity contribution in [3.05, 3.63) is 23.8 Å². The van der Waals surface area contributed by atoms with Crippen LogP contribution in [0.25, 0.3) is 0 Å². The van der Waals surface area contributed by atoms with E-state index in [1.807, 2.05) is 18.2 Å². The lowest BCUT2D eigenvalue weighted by molar-refractivity contribution is -0.124. The van der Waals surface area contributed by atoms with E-state index in [2.05, 4.69) is 0 Å².